The van der Waals surface area contributed by atoms with E-state index in [-0.39, 0.29) is 0 Å². The Hall–Kier alpha value is -9.17. The van der Waals surface area contributed by atoms with Crippen LogP contribution in [0.25, 0.3) is 94.4 Å². The molecule has 0 amide bonds. The van der Waals surface area contributed by atoms with Gasteiger partial charge in [0, 0.05) is 43.6 Å². The molecular weight excluding hydrogens is 869 g/mol. The van der Waals surface area contributed by atoms with E-state index in [0.717, 1.165) is 60.4 Å². The molecule has 0 aliphatic heterocycles. The van der Waals surface area contributed by atoms with Gasteiger partial charge in [-0.05, 0) is 63.2 Å². The molecule has 0 unspecified atom stereocenters. The standard InChI is InChI=1S/C63H42N6Si/c1-4-24-45(25-5-1)70(46-26-6-2-7-27-46,47-28-8-3-9-29-47)59-41-21-35-53-52-34-14-15-36-54(52)67(60(53)59)44-23-20-22-43(42-44)61-64-62(68-55-37-16-10-30-48(55)49-31-11-17-38-56(49)68)66-63(65-61)69-57-39-18-12-32-50(57)51-33-13-19-40-58(51)69/h1-42H. The molecule has 0 N–H and O–H groups in total. The van der Waals surface area contributed by atoms with Crippen LogP contribution in [0, 0.1) is 0 Å². The average Bonchev–Trinajstić information content (AvgIpc) is 4.08. The van der Waals surface area contributed by atoms with Crippen LogP contribution in [0.4, 0.5) is 0 Å². The fourth-order valence-electron chi connectivity index (χ4n) is 11.4. The molecule has 0 aliphatic carbocycles. The molecule has 0 bridgehead atoms. The summed E-state index contributed by atoms with van der Waals surface area (Å²) < 4.78 is 6.87. The lowest BCUT2D eigenvalue weighted by Gasteiger charge is -2.35. The zero-order valence-electron chi connectivity index (χ0n) is 37.9. The average molecular weight is 911 g/mol. The van der Waals surface area contributed by atoms with Crippen molar-refractivity contribution in [2.45, 2.75) is 0 Å². The molecule has 0 aliphatic rings. The minimum Gasteiger partial charge on any atom is -0.309 e. The van der Waals surface area contributed by atoms with E-state index in [1.807, 2.05) is 0 Å². The van der Waals surface area contributed by atoms with Crippen LogP contribution in [-0.2, 0) is 0 Å². The summed E-state index contributed by atoms with van der Waals surface area (Å²) in [7, 11) is -3.00. The normalized spacial score (nSPS) is 12.0. The maximum absolute atomic E-state index is 5.46. The van der Waals surface area contributed by atoms with Crippen LogP contribution in [-0.4, -0.2) is 36.7 Å². The third-order valence-electron chi connectivity index (χ3n) is 14.3. The topological polar surface area (TPSA) is 53.5 Å². The van der Waals surface area contributed by atoms with Gasteiger partial charge in [-0.15, -0.1) is 0 Å². The van der Waals surface area contributed by atoms with Crippen molar-refractivity contribution in [2.24, 2.45) is 0 Å². The van der Waals surface area contributed by atoms with E-state index < -0.39 is 8.07 Å². The Balaban J connectivity index is 1.06. The van der Waals surface area contributed by atoms with E-state index in [1.54, 1.807) is 0 Å². The van der Waals surface area contributed by atoms with Gasteiger partial charge in [-0.3, -0.25) is 9.13 Å². The SMILES string of the molecule is c1ccc([Si](c2ccccc2)(c2ccccc2)c2cccc3c4ccccc4n(-c4cccc(-c5nc(-n6c7ccccc7c7ccccc76)nc(-n6c7ccccc7c7ccccc76)n5)c4)c23)cc1. The van der Waals surface area contributed by atoms with Crippen molar-refractivity contribution in [1.82, 2.24) is 28.7 Å². The highest BCUT2D eigenvalue weighted by Crippen LogP contribution is 2.37. The summed E-state index contributed by atoms with van der Waals surface area (Å²) in [6, 6.07) is 92.2. The first kappa shape index (κ1) is 39.9. The predicted octanol–water partition coefficient (Wildman–Crippen LogP) is 12.2. The Kier molecular flexibility index (Phi) is 9.12. The molecule has 0 fully saturated rings. The summed E-state index contributed by atoms with van der Waals surface area (Å²) in [5.74, 6) is 1.68. The van der Waals surface area contributed by atoms with Gasteiger partial charge >= 0.3 is 0 Å². The molecule has 4 heterocycles. The molecule has 14 aromatic rings. The number of para-hydroxylation sites is 6. The molecule has 10 aromatic carbocycles. The molecule has 0 atom stereocenters. The van der Waals surface area contributed by atoms with E-state index in [4.69, 9.17) is 15.0 Å². The van der Waals surface area contributed by atoms with Gasteiger partial charge in [0.1, 0.15) is 0 Å². The molecule has 14 rings (SSSR count). The van der Waals surface area contributed by atoms with Crippen LogP contribution < -0.4 is 20.7 Å². The third kappa shape index (κ3) is 5.95. The Bertz CT molecular complexity index is 3970. The van der Waals surface area contributed by atoms with Gasteiger partial charge in [-0.2, -0.15) is 15.0 Å². The fraction of sp³-hybridized carbons (Fsp3) is 0. The van der Waals surface area contributed by atoms with Crippen LogP contribution in [0.5, 0.6) is 0 Å². The van der Waals surface area contributed by atoms with Gasteiger partial charge in [0.05, 0.1) is 33.1 Å². The number of fused-ring (bicyclic) bond motifs is 9. The number of benzene rings is 10. The Morgan fingerprint density at radius 1 is 0.286 bits per heavy atom. The highest BCUT2D eigenvalue weighted by Gasteiger charge is 2.43. The second kappa shape index (κ2) is 16.0. The van der Waals surface area contributed by atoms with Crippen molar-refractivity contribution in [3.63, 3.8) is 0 Å². The van der Waals surface area contributed by atoms with Crippen LogP contribution in [0.3, 0.4) is 0 Å². The first-order valence-corrected chi connectivity index (χ1v) is 25.8. The van der Waals surface area contributed by atoms with E-state index in [0.29, 0.717) is 17.7 Å². The van der Waals surface area contributed by atoms with Crippen LogP contribution >= 0.6 is 0 Å². The number of hydrogen-bond acceptors (Lipinski definition) is 3. The van der Waals surface area contributed by atoms with Crippen molar-refractivity contribution in [1.29, 1.82) is 0 Å². The number of hydrogen-bond donors (Lipinski definition) is 0. The lowest BCUT2D eigenvalue weighted by atomic mass is 10.1. The minimum absolute atomic E-state index is 0.549. The molecule has 328 valence electrons. The van der Waals surface area contributed by atoms with E-state index in [1.165, 1.54) is 37.0 Å². The second-order valence-electron chi connectivity index (χ2n) is 18.0. The highest BCUT2D eigenvalue weighted by atomic mass is 28.3. The molecule has 7 heteroatoms. The molecular formula is C63H42N6Si. The van der Waals surface area contributed by atoms with Crippen LogP contribution in [0.15, 0.2) is 255 Å². The summed E-state index contributed by atoms with van der Waals surface area (Å²) in [6.07, 6.45) is 0. The molecule has 0 spiro atoms. The smallest absolute Gasteiger partial charge is 0.240 e. The zero-order valence-corrected chi connectivity index (χ0v) is 38.9. The summed E-state index contributed by atoms with van der Waals surface area (Å²) in [5, 5.41) is 12.3. The lowest BCUT2D eigenvalue weighted by Crippen LogP contribution is -2.75. The zero-order chi connectivity index (χ0) is 46.2. The van der Waals surface area contributed by atoms with E-state index >= 15 is 0 Å². The molecule has 0 saturated carbocycles. The van der Waals surface area contributed by atoms with E-state index in [2.05, 4.69) is 268 Å². The maximum atomic E-state index is 5.46. The molecule has 0 saturated heterocycles. The number of nitrogens with zero attached hydrogens (tertiary/aromatic N) is 6. The van der Waals surface area contributed by atoms with Crippen LogP contribution in [0.2, 0.25) is 0 Å². The minimum atomic E-state index is -3.00. The van der Waals surface area contributed by atoms with Crippen molar-refractivity contribution in [3.8, 4) is 29.0 Å². The Morgan fingerprint density at radius 3 is 1.09 bits per heavy atom. The van der Waals surface area contributed by atoms with Crippen molar-refractivity contribution in [2.75, 3.05) is 0 Å². The van der Waals surface area contributed by atoms with Gasteiger partial charge in [0.2, 0.25) is 11.9 Å². The van der Waals surface area contributed by atoms with Gasteiger partial charge in [-0.1, -0.05) is 212 Å². The largest absolute Gasteiger partial charge is 0.309 e. The fourth-order valence-corrected chi connectivity index (χ4v) is 16.3. The third-order valence-corrected chi connectivity index (χ3v) is 19.1. The Labute approximate surface area is 404 Å². The summed E-state index contributed by atoms with van der Waals surface area (Å²) >= 11 is 0. The summed E-state index contributed by atoms with van der Waals surface area (Å²) in [5.41, 5.74) is 8.35. The summed E-state index contributed by atoms with van der Waals surface area (Å²) in [6.45, 7) is 0. The summed E-state index contributed by atoms with van der Waals surface area (Å²) in [4.78, 5) is 16.4. The van der Waals surface area contributed by atoms with Crippen molar-refractivity contribution < 1.29 is 0 Å². The maximum Gasteiger partial charge on any atom is 0.240 e. The van der Waals surface area contributed by atoms with Crippen LogP contribution in [0.1, 0.15) is 0 Å². The number of rotatable bonds is 8. The first-order valence-electron chi connectivity index (χ1n) is 23.8. The molecule has 4 aromatic heterocycles. The van der Waals surface area contributed by atoms with Gasteiger partial charge in [0.15, 0.2) is 13.9 Å². The monoisotopic (exact) mass is 910 g/mol. The predicted molar refractivity (Wildman–Crippen MR) is 292 cm³/mol. The highest BCUT2D eigenvalue weighted by molar-refractivity contribution is 7.20. The van der Waals surface area contributed by atoms with E-state index in [9.17, 15) is 0 Å². The first-order chi connectivity index (χ1) is 34.8. The second-order valence-corrected chi connectivity index (χ2v) is 21.7. The molecule has 0 radical (unpaired) electrons. The Morgan fingerprint density at radius 2 is 0.643 bits per heavy atom. The van der Waals surface area contributed by atoms with Gasteiger partial charge in [0.25, 0.3) is 0 Å². The molecule has 70 heavy (non-hydrogen) atoms. The van der Waals surface area contributed by atoms with Gasteiger partial charge < -0.3 is 4.57 Å². The van der Waals surface area contributed by atoms with Crippen molar-refractivity contribution in [3.05, 3.63) is 255 Å². The number of aromatic nitrogens is 6. The lowest BCUT2D eigenvalue weighted by molar-refractivity contribution is 0.892. The van der Waals surface area contributed by atoms with Gasteiger partial charge in [-0.25, -0.2) is 0 Å². The molecule has 6 nitrogen and oxygen atoms in total. The van der Waals surface area contributed by atoms with Crippen molar-refractivity contribution >= 4 is 94.2 Å². The quantitative estimate of drug-likeness (QED) is 0.113.